The minimum atomic E-state index is -1.43. The largest absolute Gasteiger partial charge is 0.480 e. The van der Waals surface area contributed by atoms with Crippen molar-refractivity contribution in [1.82, 2.24) is 5.32 Å². The number of carbonyl (C=O) groups is 2. The number of aliphatic carboxylic acids is 1. The lowest BCUT2D eigenvalue weighted by Crippen LogP contribution is -2.42. The van der Waals surface area contributed by atoms with Gasteiger partial charge in [0, 0.05) is 10.6 Å². The fourth-order valence-corrected chi connectivity index (χ4v) is 1.40. The number of amides is 1. The van der Waals surface area contributed by atoms with Crippen LogP contribution in [0.1, 0.15) is 12.5 Å². The number of hydrogen-bond acceptors (Lipinski definition) is 4. The molecule has 0 heterocycles. The topological polar surface area (TPSA) is 88.0 Å². The molecule has 0 saturated carbocycles. The van der Waals surface area contributed by atoms with E-state index in [0.717, 1.165) is 0 Å². The van der Waals surface area contributed by atoms with Crippen molar-refractivity contribution in [2.75, 3.05) is 0 Å². The van der Waals surface area contributed by atoms with Crippen molar-refractivity contribution in [3.8, 4) is 0 Å². The van der Waals surface area contributed by atoms with Gasteiger partial charge in [0.25, 0.3) is 11.5 Å². The molecule has 2 N–H and O–H groups in total. The second-order valence-corrected chi connectivity index (χ2v) is 4.55. The number of nitrogens with one attached hydrogen (secondary N) is 1. The van der Waals surface area contributed by atoms with Crippen LogP contribution in [-0.4, -0.2) is 34.8 Å². The van der Waals surface area contributed by atoms with Gasteiger partial charge in [0.2, 0.25) is 0 Å². The number of carboxylic acids is 1. The zero-order valence-electron chi connectivity index (χ0n) is 10.4. The summed E-state index contributed by atoms with van der Waals surface area (Å²) < 4.78 is 0. The van der Waals surface area contributed by atoms with Crippen molar-refractivity contribution < 1.29 is 19.5 Å². The Kier molecular flexibility index (Phi) is 6.27. The molecule has 0 aliphatic carbocycles. The SMILES string of the molecule is C[C@H](NC(=O)C(Cl)ON=Cc1ccccc1Cl)C(=O)O. The van der Waals surface area contributed by atoms with E-state index < -0.39 is 23.5 Å². The summed E-state index contributed by atoms with van der Waals surface area (Å²) >= 11 is 11.5. The van der Waals surface area contributed by atoms with Crippen molar-refractivity contribution in [3.63, 3.8) is 0 Å². The van der Waals surface area contributed by atoms with Gasteiger partial charge in [-0.1, -0.05) is 46.6 Å². The average molecular weight is 319 g/mol. The van der Waals surface area contributed by atoms with E-state index in [1.165, 1.54) is 13.1 Å². The summed E-state index contributed by atoms with van der Waals surface area (Å²) in [5.74, 6) is -1.97. The van der Waals surface area contributed by atoms with Crippen LogP contribution in [0.3, 0.4) is 0 Å². The van der Waals surface area contributed by atoms with Gasteiger partial charge in [-0.2, -0.15) is 0 Å². The molecule has 0 aliphatic rings. The maximum atomic E-state index is 11.4. The third kappa shape index (κ3) is 5.07. The monoisotopic (exact) mass is 318 g/mol. The Hall–Kier alpha value is -1.79. The molecule has 0 spiro atoms. The van der Waals surface area contributed by atoms with Gasteiger partial charge in [-0.05, 0) is 13.0 Å². The second-order valence-electron chi connectivity index (χ2n) is 3.75. The highest BCUT2D eigenvalue weighted by Crippen LogP contribution is 2.12. The van der Waals surface area contributed by atoms with E-state index in [1.54, 1.807) is 24.3 Å². The van der Waals surface area contributed by atoms with Crippen LogP contribution in [0.2, 0.25) is 5.02 Å². The van der Waals surface area contributed by atoms with Crippen molar-refractivity contribution in [3.05, 3.63) is 34.9 Å². The maximum Gasteiger partial charge on any atom is 0.325 e. The van der Waals surface area contributed by atoms with Crippen LogP contribution in [0.15, 0.2) is 29.4 Å². The Bertz CT molecular complexity index is 522. The minimum absolute atomic E-state index is 0.468. The molecule has 0 fully saturated rings. The van der Waals surface area contributed by atoms with E-state index in [0.29, 0.717) is 10.6 Å². The lowest BCUT2D eigenvalue weighted by Gasteiger charge is -2.11. The number of hydrogen-bond donors (Lipinski definition) is 2. The zero-order chi connectivity index (χ0) is 15.1. The van der Waals surface area contributed by atoms with E-state index in [1.807, 2.05) is 0 Å². The molecule has 1 unspecified atom stereocenters. The lowest BCUT2D eigenvalue weighted by molar-refractivity contribution is -0.142. The highest BCUT2D eigenvalue weighted by molar-refractivity contribution is 6.33. The van der Waals surface area contributed by atoms with E-state index in [9.17, 15) is 9.59 Å². The smallest absolute Gasteiger partial charge is 0.325 e. The highest BCUT2D eigenvalue weighted by atomic mass is 35.5. The van der Waals surface area contributed by atoms with Gasteiger partial charge in [0.05, 0.1) is 6.21 Å². The molecule has 2 atom stereocenters. The summed E-state index contributed by atoms with van der Waals surface area (Å²) in [6.45, 7) is 1.30. The second kappa shape index (κ2) is 7.72. The van der Waals surface area contributed by atoms with Crippen LogP contribution in [0.4, 0.5) is 0 Å². The summed E-state index contributed by atoms with van der Waals surface area (Å²) in [7, 11) is 0. The number of halogens is 2. The maximum absolute atomic E-state index is 11.4. The van der Waals surface area contributed by atoms with E-state index in [4.69, 9.17) is 33.1 Å². The van der Waals surface area contributed by atoms with Crippen molar-refractivity contribution in [1.29, 1.82) is 0 Å². The molecule has 0 bridgehead atoms. The van der Waals surface area contributed by atoms with Crippen LogP contribution in [-0.2, 0) is 14.4 Å². The summed E-state index contributed by atoms with van der Waals surface area (Å²) in [5.41, 5.74) is -0.840. The fraction of sp³-hybridized carbons (Fsp3) is 0.250. The quantitative estimate of drug-likeness (QED) is 0.476. The van der Waals surface area contributed by atoms with Crippen LogP contribution >= 0.6 is 23.2 Å². The molecule has 20 heavy (non-hydrogen) atoms. The highest BCUT2D eigenvalue weighted by Gasteiger charge is 2.21. The molecule has 0 saturated heterocycles. The number of oxime groups is 1. The Morgan fingerprint density at radius 3 is 2.70 bits per heavy atom. The van der Waals surface area contributed by atoms with Gasteiger partial charge in [-0.15, -0.1) is 0 Å². The third-order valence-corrected chi connectivity index (χ3v) is 2.81. The number of benzene rings is 1. The Morgan fingerprint density at radius 2 is 2.10 bits per heavy atom. The van der Waals surface area contributed by atoms with E-state index in [2.05, 4.69) is 10.5 Å². The van der Waals surface area contributed by atoms with Crippen molar-refractivity contribution in [2.24, 2.45) is 5.16 Å². The molecular weight excluding hydrogens is 307 g/mol. The van der Waals surface area contributed by atoms with Gasteiger partial charge in [0.15, 0.2) is 0 Å². The van der Waals surface area contributed by atoms with E-state index >= 15 is 0 Å². The van der Waals surface area contributed by atoms with Gasteiger partial charge in [0.1, 0.15) is 6.04 Å². The third-order valence-electron chi connectivity index (χ3n) is 2.19. The first-order valence-corrected chi connectivity index (χ1v) is 6.34. The van der Waals surface area contributed by atoms with Gasteiger partial charge >= 0.3 is 5.97 Å². The standard InChI is InChI=1S/C12H12Cl2N2O4/c1-7(12(18)19)16-11(17)10(14)20-15-6-8-4-2-3-5-9(8)13/h2-7,10H,1H3,(H,16,17)(H,18,19)/t7-,10?/m0/s1. The summed E-state index contributed by atoms with van der Waals surface area (Å²) in [6, 6.07) is 5.81. The van der Waals surface area contributed by atoms with Crippen LogP contribution in [0.25, 0.3) is 0 Å². The Labute approximate surface area is 125 Å². The molecular formula is C12H12Cl2N2O4. The van der Waals surface area contributed by atoms with Crippen LogP contribution < -0.4 is 5.32 Å². The molecule has 0 radical (unpaired) electrons. The van der Waals surface area contributed by atoms with Crippen LogP contribution in [0, 0.1) is 0 Å². The molecule has 0 aliphatic heterocycles. The minimum Gasteiger partial charge on any atom is -0.480 e. The zero-order valence-corrected chi connectivity index (χ0v) is 11.9. The molecule has 1 amide bonds. The molecule has 1 aromatic rings. The number of alkyl halides is 1. The first-order chi connectivity index (χ1) is 9.41. The van der Waals surface area contributed by atoms with Gasteiger partial charge in [-0.3, -0.25) is 9.59 Å². The number of carbonyl (C=O) groups excluding carboxylic acids is 1. The number of rotatable bonds is 6. The number of carboxylic acid groups (broad SMARTS) is 1. The van der Waals surface area contributed by atoms with Crippen molar-refractivity contribution >= 4 is 41.3 Å². The predicted octanol–water partition coefficient (Wildman–Crippen LogP) is 1.84. The molecule has 0 aromatic heterocycles. The Balaban J connectivity index is 2.51. The predicted molar refractivity (Wildman–Crippen MR) is 75.0 cm³/mol. The first-order valence-electron chi connectivity index (χ1n) is 5.52. The van der Waals surface area contributed by atoms with E-state index in [-0.39, 0.29) is 0 Å². The summed E-state index contributed by atoms with van der Waals surface area (Å²) in [5, 5.41) is 14.8. The average Bonchev–Trinajstić information content (AvgIpc) is 2.40. The fourth-order valence-electron chi connectivity index (χ4n) is 1.11. The molecule has 6 nitrogen and oxygen atoms in total. The Morgan fingerprint density at radius 1 is 1.45 bits per heavy atom. The van der Waals surface area contributed by atoms with Crippen LogP contribution in [0.5, 0.6) is 0 Å². The number of nitrogens with zero attached hydrogens (tertiary/aromatic N) is 1. The normalized spacial score (nSPS) is 13.8. The molecule has 1 aromatic carbocycles. The molecule has 8 heteroatoms. The van der Waals surface area contributed by atoms with Gasteiger partial charge < -0.3 is 15.3 Å². The first kappa shape index (κ1) is 16.3. The van der Waals surface area contributed by atoms with Gasteiger partial charge in [-0.25, -0.2) is 0 Å². The van der Waals surface area contributed by atoms with Crippen molar-refractivity contribution in [2.45, 2.75) is 18.5 Å². The molecule has 108 valence electrons. The molecule has 1 rings (SSSR count). The summed E-state index contributed by atoms with van der Waals surface area (Å²) in [6.07, 6.45) is 1.30. The summed E-state index contributed by atoms with van der Waals surface area (Å²) in [4.78, 5) is 26.7. The lowest BCUT2D eigenvalue weighted by atomic mass is 10.2.